The van der Waals surface area contributed by atoms with Crippen molar-refractivity contribution in [3.05, 3.63) is 66.0 Å². The van der Waals surface area contributed by atoms with Gasteiger partial charge in [-0.1, -0.05) is 55.8 Å². The first-order valence-corrected chi connectivity index (χ1v) is 7.94. The molecule has 0 aliphatic rings. The third-order valence-electron chi connectivity index (χ3n) is 3.96. The molecule has 0 unspecified atom stereocenters. The smallest absolute Gasteiger partial charge is 0.406 e. The molecule has 130 valence electrons. The van der Waals surface area contributed by atoms with Gasteiger partial charge in [-0.3, -0.25) is 0 Å². The van der Waals surface area contributed by atoms with Crippen LogP contribution in [0, 0.1) is 5.82 Å². The van der Waals surface area contributed by atoms with E-state index in [1.807, 2.05) is 18.2 Å². The molecule has 0 saturated heterocycles. The first-order valence-electron chi connectivity index (χ1n) is 7.94. The van der Waals surface area contributed by atoms with Gasteiger partial charge in [0.25, 0.3) is 0 Å². The van der Waals surface area contributed by atoms with Crippen molar-refractivity contribution in [1.29, 1.82) is 0 Å². The summed E-state index contributed by atoms with van der Waals surface area (Å²) in [4.78, 5) is 0. The highest BCUT2D eigenvalue weighted by Gasteiger charge is 2.31. The van der Waals surface area contributed by atoms with Crippen LogP contribution in [-0.2, 0) is 6.42 Å². The Balaban J connectivity index is 1.96. The Kier molecular flexibility index (Phi) is 4.66. The van der Waals surface area contributed by atoms with E-state index in [0.717, 1.165) is 23.8 Å². The summed E-state index contributed by atoms with van der Waals surface area (Å²) in [6, 6.07) is 14.3. The summed E-state index contributed by atoms with van der Waals surface area (Å²) in [5.74, 6) is -0.716. The molecular weight excluding hydrogens is 332 g/mol. The minimum Gasteiger partial charge on any atom is -0.406 e. The van der Waals surface area contributed by atoms with Crippen LogP contribution in [0.2, 0.25) is 0 Å². The van der Waals surface area contributed by atoms with Crippen molar-refractivity contribution in [3.8, 4) is 16.9 Å². The first-order chi connectivity index (χ1) is 11.9. The molecule has 0 aliphatic carbocycles. The minimum absolute atomic E-state index is 0.332. The van der Waals surface area contributed by atoms with Crippen LogP contribution in [0.3, 0.4) is 0 Å². The lowest BCUT2D eigenvalue weighted by molar-refractivity contribution is -0.274. The molecular formula is C20H16F4O. The highest BCUT2D eigenvalue weighted by molar-refractivity contribution is 5.88. The van der Waals surface area contributed by atoms with E-state index in [1.54, 1.807) is 12.1 Å². The molecule has 3 rings (SSSR count). The second kappa shape index (κ2) is 6.75. The van der Waals surface area contributed by atoms with Gasteiger partial charge >= 0.3 is 6.36 Å². The van der Waals surface area contributed by atoms with E-state index in [-0.39, 0.29) is 11.6 Å². The predicted molar refractivity (Wildman–Crippen MR) is 90.0 cm³/mol. The number of fused-ring (bicyclic) bond motifs is 1. The molecule has 3 aromatic carbocycles. The molecule has 0 amide bonds. The normalized spacial score (nSPS) is 11.7. The molecule has 0 bridgehead atoms. The number of hydrogen-bond acceptors (Lipinski definition) is 1. The molecule has 0 aromatic heterocycles. The maximum atomic E-state index is 14.8. The summed E-state index contributed by atoms with van der Waals surface area (Å²) >= 11 is 0. The van der Waals surface area contributed by atoms with Crippen molar-refractivity contribution in [2.45, 2.75) is 26.1 Å². The van der Waals surface area contributed by atoms with Gasteiger partial charge in [-0.25, -0.2) is 4.39 Å². The summed E-state index contributed by atoms with van der Waals surface area (Å²) < 4.78 is 55.3. The molecule has 1 nitrogen and oxygen atoms in total. The number of hydrogen-bond donors (Lipinski definition) is 0. The fourth-order valence-electron chi connectivity index (χ4n) is 2.84. The molecule has 0 saturated carbocycles. The Hall–Kier alpha value is -2.56. The van der Waals surface area contributed by atoms with Crippen molar-refractivity contribution in [2.75, 3.05) is 0 Å². The zero-order valence-electron chi connectivity index (χ0n) is 13.5. The van der Waals surface area contributed by atoms with Gasteiger partial charge in [0, 0.05) is 10.9 Å². The van der Waals surface area contributed by atoms with Crippen LogP contribution in [0.15, 0.2) is 54.6 Å². The maximum absolute atomic E-state index is 14.8. The monoisotopic (exact) mass is 348 g/mol. The van der Waals surface area contributed by atoms with E-state index in [4.69, 9.17) is 0 Å². The van der Waals surface area contributed by atoms with E-state index in [2.05, 4.69) is 11.7 Å². The van der Waals surface area contributed by atoms with Gasteiger partial charge in [-0.05, 0) is 35.1 Å². The van der Waals surface area contributed by atoms with Crippen LogP contribution in [0.4, 0.5) is 17.6 Å². The minimum atomic E-state index is -4.74. The Morgan fingerprint density at radius 1 is 0.920 bits per heavy atom. The summed E-state index contributed by atoms with van der Waals surface area (Å²) in [6.07, 6.45) is -2.80. The average molecular weight is 348 g/mol. The molecule has 0 aliphatic heterocycles. The van der Waals surface area contributed by atoms with Crippen LogP contribution in [-0.4, -0.2) is 6.36 Å². The Morgan fingerprint density at radius 2 is 1.64 bits per heavy atom. The van der Waals surface area contributed by atoms with Gasteiger partial charge in [0.1, 0.15) is 11.6 Å². The quantitative estimate of drug-likeness (QED) is 0.489. The number of benzene rings is 3. The first kappa shape index (κ1) is 17.3. The Labute approximate surface area is 142 Å². The summed E-state index contributed by atoms with van der Waals surface area (Å²) in [5.41, 5.74) is 1.98. The number of aryl methyl sites for hydroxylation is 1. The second-order valence-corrected chi connectivity index (χ2v) is 5.80. The summed E-state index contributed by atoms with van der Waals surface area (Å²) in [6.45, 7) is 2.08. The molecule has 25 heavy (non-hydrogen) atoms. The lowest BCUT2D eigenvalue weighted by Crippen LogP contribution is -2.16. The number of ether oxygens (including phenoxy) is 1. The van der Waals surface area contributed by atoms with Gasteiger partial charge in [0.2, 0.25) is 0 Å². The number of rotatable bonds is 4. The van der Waals surface area contributed by atoms with Gasteiger partial charge in [-0.2, -0.15) is 0 Å². The maximum Gasteiger partial charge on any atom is 0.573 e. The van der Waals surface area contributed by atoms with E-state index in [9.17, 15) is 17.6 Å². The summed E-state index contributed by atoms with van der Waals surface area (Å²) in [7, 11) is 0. The lowest BCUT2D eigenvalue weighted by Gasteiger charge is -2.11. The number of alkyl halides is 3. The van der Waals surface area contributed by atoms with Gasteiger partial charge in [-0.15, -0.1) is 13.2 Å². The van der Waals surface area contributed by atoms with Gasteiger partial charge in [0.15, 0.2) is 0 Å². The third-order valence-corrected chi connectivity index (χ3v) is 3.96. The second-order valence-electron chi connectivity index (χ2n) is 5.80. The van der Waals surface area contributed by atoms with Gasteiger partial charge in [0.05, 0.1) is 0 Å². The van der Waals surface area contributed by atoms with Crippen LogP contribution >= 0.6 is 0 Å². The molecule has 0 heterocycles. The molecule has 0 atom stereocenters. The zero-order chi connectivity index (χ0) is 18.0. The molecule has 3 aromatic rings. The largest absolute Gasteiger partial charge is 0.573 e. The summed E-state index contributed by atoms with van der Waals surface area (Å²) in [5, 5.41) is 1.30. The van der Waals surface area contributed by atoms with E-state index >= 15 is 0 Å². The zero-order valence-corrected chi connectivity index (χ0v) is 13.5. The van der Waals surface area contributed by atoms with Crippen molar-refractivity contribution in [1.82, 2.24) is 0 Å². The van der Waals surface area contributed by atoms with E-state index < -0.39 is 6.36 Å². The molecule has 0 N–H and O–H groups in total. The molecule has 0 fully saturated rings. The van der Waals surface area contributed by atoms with Crippen molar-refractivity contribution >= 4 is 10.8 Å². The highest BCUT2D eigenvalue weighted by Crippen LogP contribution is 2.31. The average Bonchev–Trinajstić information content (AvgIpc) is 2.55. The highest BCUT2D eigenvalue weighted by atomic mass is 19.4. The Morgan fingerprint density at radius 3 is 2.28 bits per heavy atom. The third kappa shape index (κ3) is 3.92. The van der Waals surface area contributed by atoms with Crippen molar-refractivity contribution < 1.29 is 22.3 Å². The SMILES string of the molecule is CCCc1ccc2c(F)c(-c3ccc(OC(F)(F)F)cc3)ccc2c1. The molecule has 0 radical (unpaired) electrons. The lowest BCUT2D eigenvalue weighted by atomic mass is 9.98. The van der Waals surface area contributed by atoms with Crippen molar-refractivity contribution in [3.63, 3.8) is 0 Å². The number of halogens is 4. The fourth-order valence-corrected chi connectivity index (χ4v) is 2.84. The van der Waals surface area contributed by atoms with Crippen LogP contribution in [0.1, 0.15) is 18.9 Å². The predicted octanol–water partition coefficient (Wildman–Crippen LogP) is 6.50. The van der Waals surface area contributed by atoms with E-state index in [1.165, 1.54) is 24.3 Å². The van der Waals surface area contributed by atoms with Crippen LogP contribution in [0.5, 0.6) is 5.75 Å². The Bertz CT molecular complexity index is 883. The van der Waals surface area contributed by atoms with Crippen LogP contribution in [0.25, 0.3) is 21.9 Å². The topological polar surface area (TPSA) is 9.23 Å². The van der Waals surface area contributed by atoms with Crippen LogP contribution < -0.4 is 4.74 Å². The molecule has 5 heteroatoms. The van der Waals surface area contributed by atoms with Crippen molar-refractivity contribution in [2.24, 2.45) is 0 Å². The fraction of sp³-hybridized carbons (Fsp3) is 0.200. The van der Waals surface area contributed by atoms with E-state index in [0.29, 0.717) is 16.5 Å². The van der Waals surface area contributed by atoms with Gasteiger partial charge < -0.3 is 4.74 Å². The molecule has 0 spiro atoms. The standard InChI is InChI=1S/C20H16F4O/c1-2-3-13-4-10-18-15(12-13)7-11-17(19(18)21)14-5-8-16(9-6-14)25-20(22,23)24/h4-12H,2-3H2,1H3.